The average Bonchev–Trinajstić information content (AvgIpc) is 3.03. The summed E-state index contributed by atoms with van der Waals surface area (Å²) in [4.78, 5) is 19.5. The second-order valence-electron chi connectivity index (χ2n) is 6.39. The standard InChI is InChI=1S/C20H23N3O/c1-13-4-7-17(10-14(13)2)15(3)23-20(24)9-6-16-5-8-18-19(11-16)22-12-21-18/h4-5,7-8,10-12,15H,6,9H2,1-3H3,(H,21,22)(H,23,24). The molecule has 1 unspecified atom stereocenters. The molecule has 1 amide bonds. The Labute approximate surface area is 142 Å². The fourth-order valence-electron chi connectivity index (χ4n) is 2.83. The highest BCUT2D eigenvalue weighted by molar-refractivity contribution is 5.78. The molecule has 0 bridgehead atoms. The van der Waals surface area contributed by atoms with E-state index in [1.807, 2.05) is 19.1 Å². The van der Waals surface area contributed by atoms with Crippen molar-refractivity contribution in [2.75, 3.05) is 0 Å². The minimum atomic E-state index is 0.0203. The molecule has 0 spiro atoms. The molecule has 0 fully saturated rings. The Kier molecular flexibility index (Phi) is 4.65. The van der Waals surface area contributed by atoms with Crippen LogP contribution in [0.3, 0.4) is 0 Å². The molecule has 124 valence electrons. The van der Waals surface area contributed by atoms with Crippen LogP contribution in [0.4, 0.5) is 0 Å². The van der Waals surface area contributed by atoms with Gasteiger partial charge in [-0.15, -0.1) is 0 Å². The van der Waals surface area contributed by atoms with Gasteiger partial charge in [0.2, 0.25) is 5.91 Å². The summed E-state index contributed by atoms with van der Waals surface area (Å²) in [6.45, 7) is 6.22. The highest BCUT2D eigenvalue weighted by Crippen LogP contribution is 2.17. The molecule has 0 radical (unpaired) electrons. The highest BCUT2D eigenvalue weighted by atomic mass is 16.1. The molecule has 1 heterocycles. The first-order chi connectivity index (χ1) is 11.5. The SMILES string of the molecule is Cc1ccc(C(C)NC(=O)CCc2ccc3nc[nH]c3c2)cc1C. The number of aromatic nitrogens is 2. The smallest absolute Gasteiger partial charge is 0.220 e. The van der Waals surface area contributed by atoms with E-state index in [1.54, 1.807) is 6.33 Å². The number of nitrogens with zero attached hydrogens (tertiary/aromatic N) is 1. The summed E-state index contributed by atoms with van der Waals surface area (Å²) in [5, 5.41) is 3.09. The predicted molar refractivity (Wildman–Crippen MR) is 96.9 cm³/mol. The van der Waals surface area contributed by atoms with E-state index >= 15 is 0 Å². The summed E-state index contributed by atoms with van der Waals surface area (Å²) in [6.07, 6.45) is 2.89. The van der Waals surface area contributed by atoms with E-state index in [2.05, 4.69) is 53.4 Å². The number of amides is 1. The van der Waals surface area contributed by atoms with E-state index in [-0.39, 0.29) is 11.9 Å². The minimum absolute atomic E-state index is 0.0203. The normalized spacial score (nSPS) is 12.3. The number of benzene rings is 2. The molecular weight excluding hydrogens is 298 g/mol. The fraction of sp³-hybridized carbons (Fsp3) is 0.300. The van der Waals surface area contributed by atoms with Crippen LogP contribution >= 0.6 is 0 Å². The van der Waals surface area contributed by atoms with Gasteiger partial charge in [0.15, 0.2) is 0 Å². The number of carbonyl (C=O) groups is 1. The van der Waals surface area contributed by atoms with Crippen LogP contribution in [0.1, 0.15) is 41.6 Å². The number of aryl methyl sites for hydroxylation is 3. The maximum absolute atomic E-state index is 12.2. The Morgan fingerprint density at radius 1 is 1.17 bits per heavy atom. The van der Waals surface area contributed by atoms with E-state index in [0.717, 1.165) is 28.6 Å². The molecular formula is C20H23N3O. The van der Waals surface area contributed by atoms with Crippen molar-refractivity contribution in [3.63, 3.8) is 0 Å². The van der Waals surface area contributed by atoms with Gasteiger partial charge in [-0.3, -0.25) is 4.79 Å². The second-order valence-corrected chi connectivity index (χ2v) is 6.39. The predicted octanol–water partition coefficient (Wildman–Crippen LogP) is 3.99. The maximum atomic E-state index is 12.2. The average molecular weight is 321 g/mol. The van der Waals surface area contributed by atoms with E-state index in [0.29, 0.717) is 6.42 Å². The van der Waals surface area contributed by atoms with Crippen LogP contribution in [0, 0.1) is 13.8 Å². The molecule has 0 saturated heterocycles. The van der Waals surface area contributed by atoms with Gasteiger partial charge in [-0.05, 0) is 61.6 Å². The number of imidazole rings is 1. The third kappa shape index (κ3) is 3.65. The van der Waals surface area contributed by atoms with Gasteiger partial charge in [0, 0.05) is 6.42 Å². The van der Waals surface area contributed by atoms with Crippen LogP contribution < -0.4 is 5.32 Å². The molecule has 4 nitrogen and oxygen atoms in total. The third-order valence-corrected chi connectivity index (χ3v) is 4.53. The maximum Gasteiger partial charge on any atom is 0.220 e. The van der Waals surface area contributed by atoms with Crippen molar-refractivity contribution in [1.82, 2.24) is 15.3 Å². The van der Waals surface area contributed by atoms with Crippen LogP contribution in [0.15, 0.2) is 42.7 Å². The zero-order valence-corrected chi connectivity index (χ0v) is 14.4. The first-order valence-electron chi connectivity index (χ1n) is 8.31. The van der Waals surface area contributed by atoms with E-state index in [4.69, 9.17) is 0 Å². The summed E-state index contributed by atoms with van der Waals surface area (Å²) >= 11 is 0. The zero-order chi connectivity index (χ0) is 17.1. The molecule has 4 heteroatoms. The van der Waals surface area contributed by atoms with Gasteiger partial charge in [0.25, 0.3) is 0 Å². The first kappa shape index (κ1) is 16.2. The summed E-state index contributed by atoms with van der Waals surface area (Å²) < 4.78 is 0. The largest absolute Gasteiger partial charge is 0.350 e. The molecule has 0 aliphatic heterocycles. The first-order valence-corrected chi connectivity index (χ1v) is 8.31. The number of aromatic amines is 1. The summed E-state index contributed by atoms with van der Waals surface area (Å²) in [7, 11) is 0. The molecule has 0 saturated carbocycles. The van der Waals surface area contributed by atoms with Crippen molar-refractivity contribution in [2.24, 2.45) is 0 Å². The number of rotatable bonds is 5. The number of hydrogen-bond acceptors (Lipinski definition) is 2. The number of hydrogen-bond donors (Lipinski definition) is 2. The molecule has 0 aliphatic carbocycles. The van der Waals surface area contributed by atoms with Crippen molar-refractivity contribution < 1.29 is 4.79 Å². The third-order valence-electron chi connectivity index (χ3n) is 4.53. The number of nitrogens with one attached hydrogen (secondary N) is 2. The molecule has 2 aromatic carbocycles. The number of carbonyl (C=O) groups excluding carboxylic acids is 1. The van der Waals surface area contributed by atoms with E-state index < -0.39 is 0 Å². The number of H-pyrrole nitrogens is 1. The van der Waals surface area contributed by atoms with Crippen LogP contribution in [0.5, 0.6) is 0 Å². The lowest BCUT2D eigenvalue weighted by molar-refractivity contribution is -0.121. The van der Waals surface area contributed by atoms with Crippen molar-refractivity contribution in [3.8, 4) is 0 Å². The second kappa shape index (κ2) is 6.87. The van der Waals surface area contributed by atoms with Gasteiger partial charge in [-0.1, -0.05) is 24.3 Å². The Balaban J connectivity index is 1.57. The monoisotopic (exact) mass is 321 g/mol. The van der Waals surface area contributed by atoms with Gasteiger partial charge >= 0.3 is 0 Å². The lowest BCUT2D eigenvalue weighted by atomic mass is 10.0. The summed E-state index contributed by atoms with van der Waals surface area (Å²) in [5.41, 5.74) is 6.77. The van der Waals surface area contributed by atoms with Gasteiger partial charge < -0.3 is 10.3 Å². The lowest BCUT2D eigenvalue weighted by Gasteiger charge is -2.15. The number of fused-ring (bicyclic) bond motifs is 1. The van der Waals surface area contributed by atoms with Gasteiger partial charge in [-0.25, -0.2) is 4.98 Å². The van der Waals surface area contributed by atoms with Crippen molar-refractivity contribution in [2.45, 2.75) is 39.7 Å². The fourth-order valence-corrected chi connectivity index (χ4v) is 2.83. The summed E-state index contributed by atoms with van der Waals surface area (Å²) in [5.74, 6) is 0.0745. The van der Waals surface area contributed by atoms with Crippen LogP contribution in [0.25, 0.3) is 11.0 Å². The zero-order valence-electron chi connectivity index (χ0n) is 14.4. The molecule has 3 rings (SSSR count). The molecule has 1 atom stereocenters. The lowest BCUT2D eigenvalue weighted by Crippen LogP contribution is -2.26. The molecule has 2 N–H and O–H groups in total. The minimum Gasteiger partial charge on any atom is -0.350 e. The van der Waals surface area contributed by atoms with Crippen LogP contribution in [-0.4, -0.2) is 15.9 Å². The van der Waals surface area contributed by atoms with E-state index in [9.17, 15) is 4.79 Å². The molecule has 3 aromatic rings. The van der Waals surface area contributed by atoms with E-state index in [1.165, 1.54) is 11.1 Å². The van der Waals surface area contributed by atoms with Gasteiger partial charge in [0.05, 0.1) is 23.4 Å². The molecule has 1 aromatic heterocycles. The topological polar surface area (TPSA) is 57.8 Å². The van der Waals surface area contributed by atoms with Gasteiger partial charge in [-0.2, -0.15) is 0 Å². The van der Waals surface area contributed by atoms with Crippen LogP contribution in [-0.2, 0) is 11.2 Å². The quantitative estimate of drug-likeness (QED) is 0.746. The summed E-state index contributed by atoms with van der Waals surface area (Å²) in [6, 6.07) is 12.4. The highest BCUT2D eigenvalue weighted by Gasteiger charge is 2.10. The van der Waals surface area contributed by atoms with Crippen molar-refractivity contribution in [1.29, 1.82) is 0 Å². The Hall–Kier alpha value is -2.62. The Bertz CT molecular complexity index is 866. The van der Waals surface area contributed by atoms with Crippen LogP contribution in [0.2, 0.25) is 0 Å². The van der Waals surface area contributed by atoms with Gasteiger partial charge in [0.1, 0.15) is 0 Å². The Morgan fingerprint density at radius 2 is 2.00 bits per heavy atom. The molecule has 24 heavy (non-hydrogen) atoms. The van der Waals surface area contributed by atoms with Crippen molar-refractivity contribution in [3.05, 3.63) is 65.0 Å². The Morgan fingerprint density at radius 3 is 2.79 bits per heavy atom. The molecule has 0 aliphatic rings. The van der Waals surface area contributed by atoms with Crippen molar-refractivity contribution >= 4 is 16.9 Å².